The smallest absolute Gasteiger partial charge is 0.306 e. The van der Waals surface area contributed by atoms with E-state index in [-0.39, 0.29) is 31.3 Å². The van der Waals surface area contributed by atoms with E-state index in [4.69, 9.17) is 13.8 Å². The molecule has 10 heteroatoms. The Balaban J connectivity index is 5.44. The van der Waals surface area contributed by atoms with Crippen molar-refractivity contribution in [1.82, 2.24) is 5.32 Å². The Kier molecular flexibility index (Phi) is 51.7. The van der Waals surface area contributed by atoms with Crippen LogP contribution in [0.4, 0.5) is 0 Å². The predicted octanol–water partition coefficient (Wildman–Crippen LogP) is 17.9. The minimum Gasteiger partial charge on any atom is -0.756 e. The van der Waals surface area contributed by atoms with Crippen molar-refractivity contribution in [3.63, 3.8) is 0 Å². The highest BCUT2D eigenvalue weighted by molar-refractivity contribution is 7.45. The zero-order valence-corrected chi connectivity index (χ0v) is 50.0. The highest BCUT2D eigenvalue weighted by atomic mass is 31.2. The van der Waals surface area contributed by atoms with Gasteiger partial charge in [-0.25, -0.2) is 0 Å². The van der Waals surface area contributed by atoms with Gasteiger partial charge in [0, 0.05) is 12.8 Å². The van der Waals surface area contributed by atoms with Crippen molar-refractivity contribution in [1.29, 1.82) is 0 Å². The Morgan fingerprint density at radius 2 is 0.842 bits per heavy atom. The SMILES string of the molecule is CC/C=C\C/C=C\C/C=C\C/C=C\C/C=C\CCCCCC(=O)NC(COP(=O)([O-])OCC[N+](C)(C)C)C(/C=C/CCCCCCCCCCCC)OC(=O)CCCCC/C=C\C/C=C\C/C=C\C/C=C\C/C=C\CC. The van der Waals surface area contributed by atoms with Crippen LogP contribution in [0.15, 0.2) is 134 Å². The number of ether oxygens (including phenoxy) is 1. The number of quaternary nitrogens is 1. The van der Waals surface area contributed by atoms with E-state index in [9.17, 15) is 19.0 Å². The fourth-order valence-electron chi connectivity index (χ4n) is 7.75. The first-order valence-electron chi connectivity index (χ1n) is 30.0. The maximum absolute atomic E-state index is 13.5. The van der Waals surface area contributed by atoms with Gasteiger partial charge in [-0.15, -0.1) is 0 Å². The number of hydrogen-bond acceptors (Lipinski definition) is 7. The Bertz CT molecular complexity index is 1760. The van der Waals surface area contributed by atoms with Crippen LogP contribution in [0.25, 0.3) is 0 Å². The van der Waals surface area contributed by atoms with Crippen LogP contribution in [-0.2, 0) is 27.9 Å². The van der Waals surface area contributed by atoms with Gasteiger partial charge in [-0.2, -0.15) is 0 Å². The molecule has 3 unspecified atom stereocenters. The largest absolute Gasteiger partial charge is 0.756 e. The van der Waals surface area contributed by atoms with Gasteiger partial charge >= 0.3 is 5.97 Å². The lowest BCUT2D eigenvalue weighted by Gasteiger charge is -2.30. The molecule has 0 saturated carbocycles. The predicted molar refractivity (Wildman–Crippen MR) is 325 cm³/mol. The molecule has 0 aromatic carbocycles. The number of esters is 1. The molecule has 0 saturated heterocycles. The van der Waals surface area contributed by atoms with Crippen LogP contribution in [0.1, 0.15) is 220 Å². The number of amides is 1. The van der Waals surface area contributed by atoms with Crippen molar-refractivity contribution in [3.8, 4) is 0 Å². The first kappa shape index (κ1) is 72.2. The molecule has 0 aromatic rings. The highest BCUT2D eigenvalue weighted by Gasteiger charge is 2.27. The molecule has 0 rings (SSSR count). The lowest BCUT2D eigenvalue weighted by atomic mass is 10.1. The molecular weight excluding hydrogens is 964 g/mol. The summed E-state index contributed by atoms with van der Waals surface area (Å²) < 4.78 is 30.2. The number of carbonyl (C=O) groups excluding carboxylic acids is 2. The molecule has 432 valence electrons. The summed E-state index contributed by atoms with van der Waals surface area (Å²) in [7, 11) is 1.12. The van der Waals surface area contributed by atoms with Gasteiger partial charge in [0.25, 0.3) is 7.82 Å². The fourth-order valence-corrected chi connectivity index (χ4v) is 8.47. The van der Waals surface area contributed by atoms with E-state index < -0.39 is 26.6 Å². The number of unbranched alkanes of at least 4 members (excludes halogenated alkanes) is 16. The fraction of sp³-hybridized carbons (Fsp3) is 0.636. The second-order valence-corrected chi connectivity index (χ2v) is 22.1. The molecule has 0 fully saturated rings. The van der Waals surface area contributed by atoms with Crippen LogP contribution in [0, 0.1) is 0 Å². The van der Waals surface area contributed by atoms with Gasteiger partial charge in [0.1, 0.15) is 19.3 Å². The Morgan fingerprint density at radius 1 is 0.474 bits per heavy atom. The van der Waals surface area contributed by atoms with Gasteiger partial charge in [0.2, 0.25) is 5.91 Å². The molecule has 9 nitrogen and oxygen atoms in total. The van der Waals surface area contributed by atoms with Crippen molar-refractivity contribution in [2.45, 2.75) is 232 Å². The lowest BCUT2D eigenvalue weighted by molar-refractivity contribution is -0.870. The monoisotopic (exact) mass is 1070 g/mol. The topological polar surface area (TPSA) is 114 Å². The average Bonchev–Trinajstić information content (AvgIpc) is 3.38. The molecule has 0 heterocycles. The Morgan fingerprint density at radius 3 is 1.26 bits per heavy atom. The average molecular weight is 1080 g/mol. The minimum atomic E-state index is -4.72. The molecule has 0 spiro atoms. The van der Waals surface area contributed by atoms with Gasteiger partial charge in [-0.1, -0.05) is 219 Å². The van der Waals surface area contributed by atoms with Crippen molar-refractivity contribution < 1.29 is 37.3 Å². The molecule has 0 aliphatic carbocycles. The third kappa shape index (κ3) is 54.9. The lowest BCUT2D eigenvalue weighted by Crippen LogP contribution is -2.47. The Labute approximate surface area is 466 Å². The van der Waals surface area contributed by atoms with Crippen molar-refractivity contribution >= 4 is 19.7 Å². The van der Waals surface area contributed by atoms with Crippen LogP contribution < -0.4 is 10.2 Å². The molecule has 76 heavy (non-hydrogen) atoms. The van der Waals surface area contributed by atoms with Crippen LogP contribution in [0.5, 0.6) is 0 Å². The zero-order chi connectivity index (χ0) is 55.7. The van der Waals surface area contributed by atoms with Crippen molar-refractivity contribution in [3.05, 3.63) is 134 Å². The summed E-state index contributed by atoms with van der Waals surface area (Å²) in [5.74, 6) is -0.628. The summed E-state index contributed by atoms with van der Waals surface area (Å²) in [5, 5.41) is 2.99. The van der Waals surface area contributed by atoms with Gasteiger partial charge in [-0.05, 0) is 122 Å². The van der Waals surface area contributed by atoms with Crippen LogP contribution in [0.3, 0.4) is 0 Å². The number of hydrogen-bond donors (Lipinski definition) is 1. The molecule has 1 amide bonds. The summed E-state index contributed by atoms with van der Waals surface area (Å²) >= 11 is 0. The van der Waals surface area contributed by atoms with E-state index >= 15 is 0 Å². The van der Waals surface area contributed by atoms with Gasteiger partial charge in [0.05, 0.1) is 33.8 Å². The number of carbonyl (C=O) groups is 2. The second-order valence-electron chi connectivity index (χ2n) is 20.7. The van der Waals surface area contributed by atoms with Gasteiger partial charge < -0.3 is 28.5 Å². The third-order valence-corrected chi connectivity index (χ3v) is 13.3. The van der Waals surface area contributed by atoms with E-state index in [1.807, 2.05) is 27.2 Å². The molecule has 0 bridgehead atoms. The molecule has 0 radical (unpaired) electrons. The molecule has 1 N–H and O–H groups in total. The van der Waals surface area contributed by atoms with Gasteiger partial charge in [0.15, 0.2) is 0 Å². The number of phosphoric acid groups is 1. The maximum atomic E-state index is 13.5. The van der Waals surface area contributed by atoms with Crippen LogP contribution in [0.2, 0.25) is 0 Å². The number of rotatable bonds is 52. The number of allylic oxidation sites excluding steroid dienone is 21. The standard InChI is InChI=1S/C66H111N2O7P/c1-7-10-13-16-19-22-25-28-30-32-34-36-38-40-43-46-49-52-55-58-65(69)67-63(62-74-76(71,72)73-61-60-68(4,5)6)64(57-54-51-48-45-42-27-24-21-18-15-12-9-3)75-66(70)59-56-53-50-47-44-41-39-37-35-33-31-29-26-23-20-17-14-11-8-2/h10-11,13-14,19-20,22-23,28-31,34-37,40-41,43-44,54,57,63-64H,7-9,12,15-18,21,24-27,32-33,38-39,42,45-53,55-56,58-62H2,1-6H3,(H-,67,69,71,72)/b13-10-,14-11-,22-19-,23-20-,30-28-,31-29-,36-34-,37-35-,43-40-,44-41-,57-54+. The summed E-state index contributed by atoms with van der Waals surface area (Å²) in [6, 6.07) is -0.929. The maximum Gasteiger partial charge on any atom is 0.306 e. The number of nitrogens with one attached hydrogen (secondary N) is 1. The van der Waals surface area contributed by atoms with E-state index in [0.717, 1.165) is 122 Å². The van der Waals surface area contributed by atoms with Crippen LogP contribution >= 0.6 is 7.82 Å². The summed E-state index contributed by atoms with van der Waals surface area (Å²) in [4.78, 5) is 39.9. The highest BCUT2D eigenvalue weighted by Crippen LogP contribution is 2.38. The normalized spacial score (nSPS) is 14.7. The zero-order valence-electron chi connectivity index (χ0n) is 49.2. The number of likely N-dealkylation sites (N-methyl/N-ethyl adjacent to an activating group) is 1. The first-order chi connectivity index (χ1) is 36.9. The second kappa shape index (κ2) is 54.5. The third-order valence-electron chi connectivity index (χ3n) is 12.3. The summed E-state index contributed by atoms with van der Waals surface area (Å²) in [6.45, 7) is 6.54. The number of nitrogens with zero attached hydrogens (tertiary/aromatic N) is 1. The summed E-state index contributed by atoms with van der Waals surface area (Å²) in [5.41, 5.74) is 0. The molecule has 0 aliphatic rings. The summed E-state index contributed by atoms with van der Waals surface area (Å²) in [6.07, 6.45) is 77.0. The molecule has 0 aliphatic heterocycles. The molecule has 0 aromatic heterocycles. The van der Waals surface area contributed by atoms with E-state index in [1.54, 1.807) is 6.08 Å². The molecular formula is C66H111N2O7P. The van der Waals surface area contributed by atoms with Gasteiger partial charge in [-0.3, -0.25) is 14.2 Å². The van der Waals surface area contributed by atoms with Crippen LogP contribution in [-0.4, -0.2) is 69.4 Å². The number of phosphoric ester groups is 1. The van der Waals surface area contributed by atoms with E-state index in [1.165, 1.54) is 51.4 Å². The first-order valence-corrected chi connectivity index (χ1v) is 31.5. The Hall–Kier alpha value is -3.85. The van der Waals surface area contributed by atoms with E-state index in [0.29, 0.717) is 23.9 Å². The van der Waals surface area contributed by atoms with Crippen molar-refractivity contribution in [2.24, 2.45) is 0 Å². The minimum absolute atomic E-state index is 0.0425. The van der Waals surface area contributed by atoms with E-state index in [2.05, 4.69) is 148 Å². The molecule has 3 atom stereocenters. The quantitative estimate of drug-likeness (QED) is 0.0212. The van der Waals surface area contributed by atoms with Crippen molar-refractivity contribution in [2.75, 3.05) is 40.9 Å².